The first-order valence-corrected chi connectivity index (χ1v) is 35.4. The second-order valence-corrected chi connectivity index (χ2v) is 23.4. The van der Waals surface area contributed by atoms with Crippen molar-refractivity contribution in [3.05, 3.63) is 109 Å². The minimum Gasteiger partial charge on any atom is -0.462 e. The van der Waals surface area contributed by atoms with E-state index in [1.54, 1.807) is 0 Å². The first kappa shape index (κ1) is 79.1. The molecule has 0 N–H and O–H groups in total. The van der Waals surface area contributed by atoms with Gasteiger partial charge in [-0.2, -0.15) is 0 Å². The van der Waals surface area contributed by atoms with Crippen LogP contribution in [-0.2, 0) is 28.6 Å². The Labute approximate surface area is 514 Å². The van der Waals surface area contributed by atoms with E-state index in [0.717, 1.165) is 122 Å². The molecule has 6 nitrogen and oxygen atoms in total. The molecule has 83 heavy (non-hydrogen) atoms. The van der Waals surface area contributed by atoms with E-state index in [0.29, 0.717) is 19.3 Å². The number of hydrogen-bond donors (Lipinski definition) is 0. The molecule has 0 fully saturated rings. The second kappa shape index (κ2) is 70.6. The SMILES string of the molecule is CC/C=C\C/C=C\C/C=C\C/C=C\C/C=C\CCCCCCCCCCCCCCCCCCCC(=O)OCC(COC(=O)CCCCCCC/C=C\CCCCCC)OC(=O)CCCCCCCC/C=C\C/C=C\C/C=C\CCCCC. The quantitative estimate of drug-likeness (QED) is 0.0261. The largest absolute Gasteiger partial charge is 0.462 e. The Morgan fingerprint density at radius 2 is 0.470 bits per heavy atom. The predicted molar refractivity (Wildman–Crippen MR) is 362 cm³/mol. The van der Waals surface area contributed by atoms with Gasteiger partial charge in [0.2, 0.25) is 0 Å². The molecule has 476 valence electrons. The Bertz CT molecular complexity index is 1660. The number of esters is 3. The normalized spacial score (nSPS) is 12.8. The van der Waals surface area contributed by atoms with Crippen LogP contribution in [0.2, 0.25) is 0 Å². The van der Waals surface area contributed by atoms with E-state index in [1.807, 2.05) is 0 Å². The maximum atomic E-state index is 12.9. The van der Waals surface area contributed by atoms with Gasteiger partial charge in [0, 0.05) is 19.3 Å². The standard InChI is InChI=1S/C77H132O6/c1-4-7-10-13-16-19-22-25-27-29-31-32-33-34-35-36-37-38-39-40-41-42-43-44-46-47-49-52-55-58-61-64-67-70-76(79)82-73-74(72-81-75(78)69-66-63-60-57-54-51-24-21-18-15-12-9-6-3)83-77(80)71-68-65-62-59-56-53-50-48-45-30-28-26-23-20-17-14-11-8-5-2/h7,10,16-17,19-21,24-28,31-32,34-35,45,48,74H,4-6,8-9,11-15,18,22-23,29-30,33,36-44,46-47,49-73H2,1-3H3/b10-7-,19-16-,20-17-,24-21-,27-25-,28-26-,32-31-,35-34-,48-45-. The summed E-state index contributed by atoms with van der Waals surface area (Å²) in [5.74, 6) is -0.892. The molecule has 0 saturated carbocycles. The first-order valence-electron chi connectivity index (χ1n) is 35.4. The summed E-state index contributed by atoms with van der Waals surface area (Å²) < 4.78 is 17.0. The van der Waals surface area contributed by atoms with Crippen molar-refractivity contribution in [3.63, 3.8) is 0 Å². The molecule has 0 saturated heterocycles. The molecule has 0 aromatic heterocycles. The Kier molecular flexibility index (Phi) is 67.2. The van der Waals surface area contributed by atoms with Crippen LogP contribution in [0.1, 0.15) is 342 Å². The molecule has 0 bridgehead atoms. The van der Waals surface area contributed by atoms with E-state index in [1.165, 1.54) is 180 Å². The van der Waals surface area contributed by atoms with Gasteiger partial charge in [0.15, 0.2) is 6.10 Å². The number of unbranched alkanes of at least 4 members (excludes halogenated alkanes) is 35. The molecular weight excluding hydrogens is 1020 g/mol. The van der Waals surface area contributed by atoms with Gasteiger partial charge in [0.05, 0.1) is 0 Å². The Balaban J connectivity index is 4.21. The van der Waals surface area contributed by atoms with Gasteiger partial charge in [-0.1, -0.05) is 304 Å². The number of carbonyl (C=O) groups excluding carboxylic acids is 3. The number of hydrogen-bond acceptors (Lipinski definition) is 6. The van der Waals surface area contributed by atoms with Crippen molar-refractivity contribution in [2.75, 3.05) is 13.2 Å². The lowest BCUT2D eigenvalue weighted by Crippen LogP contribution is -2.30. The summed E-state index contributed by atoms with van der Waals surface area (Å²) in [5, 5.41) is 0. The number of ether oxygens (including phenoxy) is 3. The molecule has 1 atom stereocenters. The molecule has 0 aliphatic rings. The van der Waals surface area contributed by atoms with E-state index >= 15 is 0 Å². The Hall–Kier alpha value is -3.93. The molecule has 0 heterocycles. The van der Waals surface area contributed by atoms with Crippen molar-refractivity contribution in [2.45, 2.75) is 348 Å². The molecule has 0 spiro atoms. The molecule has 0 aliphatic carbocycles. The third-order valence-electron chi connectivity index (χ3n) is 15.2. The average Bonchev–Trinajstić information content (AvgIpc) is 3.49. The fourth-order valence-electron chi connectivity index (χ4n) is 9.94. The minimum absolute atomic E-state index is 0.0835. The monoisotopic (exact) mass is 1150 g/mol. The van der Waals surface area contributed by atoms with Crippen LogP contribution in [0, 0.1) is 0 Å². The molecule has 6 heteroatoms. The summed E-state index contributed by atoms with van der Waals surface area (Å²) in [7, 11) is 0. The fourth-order valence-corrected chi connectivity index (χ4v) is 9.94. The molecule has 0 amide bonds. The summed E-state index contributed by atoms with van der Waals surface area (Å²) in [6.07, 6.45) is 96.9. The smallest absolute Gasteiger partial charge is 0.306 e. The van der Waals surface area contributed by atoms with Crippen LogP contribution < -0.4 is 0 Å². The zero-order valence-electron chi connectivity index (χ0n) is 54.7. The van der Waals surface area contributed by atoms with Crippen LogP contribution in [-0.4, -0.2) is 37.2 Å². The predicted octanol–water partition coefficient (Wildman–Crippen LogP) is 24.6. The molecule has 0 rings (SSSR count). The molecule has 0 aromatic carbocycles. The van der Waals surface area contributed by atoms with Crippen molar-refractivity contribution >= 4 is 17.9 Å². The van der Waals surface area contributed by atoms with E-state index < -0.39 is 6.10 Å². The summed E-state index contributed by atoms with van der Waals surface area (Å²) in [4.78, 5) is 38.4. The third-order valence-corrected chi connectivity index (χ3v) is 15.2. The lowest BCUT2D eigenvalue weighted by molar-refractivity contribution is -0.167. The van der Waals surface area contributed by atoms with Gasteiger partial charge in [-0.3, -0.25) is 14.4 Å². The van der Waals surface area contributed by atoms with Gasteiger partial charge >= 0.3 is 17.9 Å². The van der Waals surface area contributed by atoms with Crippen molar-refractivity contribution in [3.8, 4) is 0 Å². The fraction of sp³-hybridized carbons (Fsp3) is 0.727. The highest BCUT2D eigenvalue weighted by molar-refractivity contribution is 5.71. The number of rotatable bonds is 64. The molecular formula is C77H132O6. The van der Waals surface area contributed by atoms with Gasteiger partial charge < -0.3 is 14.2 Å². The third kappa shape index (κ3) is 68.7. The summed E-state index contributed by atoms with van der Waals surface area (Å²) in [5.41, 5.74) is 0. The summed E-state index contributed by atoms with van der Waals surface area (Å²) in [6.45, 7) is 6.50. The van der Waals surface area contributed by atoms with E-state index in [2.05, 4.69) is 130 Å². The van der Waals surface area contributed by atoms with E-state index in [9.17, 15) is 14.4 Å². The Morgan fingerprint density at radius 1 is 0.253 bits per heavy atom. The highest BCUT2D eigenvalue weighted by Crippen LogP contribution is 2.17. The minimum atomic E-state index is -0.789. The van der Waals surface area contributed by atoms with Gasteiger partial charge in [0.25, 0.3) is 0 Å². The number of allylic oxidation sites excluding steroid dienone is 18. The highest BCUT2D eigenvalue weighted by Gasteiger charge is 2.19. The molecule has 1 unspecified atom stereocenters. The van der Waals surface area contributed by atoms with Crippen LogP contribution in [0.5, 0.6) is 0 Å². The van der Waals surface area contributed by atoms with Crippen molar-refractivity contribution in [1.82, 2.24) is 0 Å². The van der Waals surface area contributed by atoms with Gasteiger partial charge in [0.1, 0.15) is 13.2 Å². The average molecular weight is 1150 g/mol. The zero-order chi connectivity index (χ0) is 59.9. The first-order chi connectivity index (χ1) is 41.0. The van der Waals surface area contributed by atoms with Crippen LogP contribution in [0.3, 0.4) is 0 Å². The summed E-state index contributed by atoms with van der Waals surface area (Å²) >= 11 is 0. The van der Waals surface area contributed by atoms with Gasteiger partial charge in [-0.25, -0.2) is 0 Å². The molecule has 0 aliphatic heterocycles. The van der Waals surface area contributed by atoms with Crippen LogP contribution in [0.15, 0.2) is 109 Å². The molecule has 0 aromatic rings. The Morgan fingerprint density at radius 3 is 0.771 bits per heavy atom. The van der Waals surface area contributed by atoms with Crippen molar-refractivity contribution in [2.24, 2.45) is 0 Å². The van der Waals surface area contributed by atoms with Gasteiger partial charge in [-0.15, -0.1) is 0 Å². The van der Waals surface area contributed by atoms with E-state index in [4.69, 9.17) is 14.2 Å². The van der Waals surface area contributed by atoms with Crippen molar-refractivity contribution < 1.29 is 28.6 Å². The maximum absolute atomic E-state index is 12.9. The van der Waals surface area contributed by atoms with Crippen LogP contribution >= 0.6 is 0 Å². The van der Waals surface area contributed by atoms with E-state index in [-0.39, 0.29) is 31.1 Å². The maximum Gasteiger partial charge on any atom is 0.306 e. The lowest BCUT2D eigenvalue weighted by atomic mass is 10.0. The van der Waals surface area contributed by atoms with Crippen LogP contribution in [0.25, 0.3) is 0 Å². The number of carbonyl (C=O) groups is 3. The van der Waals surface area contributed by atoms with Crippen LogP contribution in [0.4, 0.5) is 0 Å². The van der Waals surface area contributed by atoms with Gasteiger partial charge in [-0.05, 0) is 128 Å². The zero-order valence-corrected chi connectivity index (χ0v) is 54.7. The molecule has 0 radical (unpaired) electrons. The van der Waals surface area contributed by atoms with Crippen molar-refractivity contribution in [1.29, 1.82) is 0 Å². The second-order valence-electron chi connectivity index (χ2n) is 23.4. The lowest BCUT2D eigenvalue weighted by Gasteiger charge is -2.18. The highest BCUT2D eigenvalue weighted by atomic mass is 16.6. The topological polar surface area (TPSA) is 78.9 Å². The summed E-state index contributed by atoms with van der Waals surface area (Å²) in [6, 6.07) is 0.